The molecule has 2 aromatic carbocycles. The van der Waals surface area contributed by atoms with Gasteiger partial charge < -0.3 is 20.3 Å². The van der Waals surface area contributed by atoms with Crippen molar-refractivity contribution in [2.24, 2.45) is 0 Å². The van der Waals surface area contributed by atoms with E-state index in [1.807, 2.05) is 16.9 Å². The average Bonchev–Trinajstić information content (AvgIpc) is 3.45. The lowest BCUT2D eigenvalue weighted by Crippen LogP contribution is -2.37. The normalized spacial score (nSPS) is 16.9. The number of anilines is 2. The van der Waals surface area contributed by atoms with E-state index in [9.17, 15) is 18.0 Å². The third kappa shape index (κ3) is 7.05. The maximum atomic E-state index is 12.4. The quantitative estimate of drug-likeness (QED) is 0.316. The highest BCUT2D eigenvalue weighted by molar-refractivity contribution is 5.90. The number of piperidine rings is 1. The van der Waals surface area contributed by atoms with Crippen molar-refractivity contribution in [2.45, 2.75) is 31.6 Å². The summed E-state index contributed by atoms with van der Waals surface area (Å²) < 4.78 is 44.9. The van der Waals surface area contributed by atoms with Crippen LogP contribution < -0.4 is 15.5 Å². The molecule has 2 N–H and O–H groups in total. The van der Waals surface area contributed by atoms with Gasteiger partial charge in [0.2, 0.25) is 0 Å². The maximum absolute atomic E-state index is 12.4. The van der Waals surface area contributed by atoms with Gasteiger partial charge in [-0.25, -0.2) is 19.4 Å². The number of morpholine rings is 1. The van der Waals surface area contributed by atoms with Gasteiger partial charge in [0.15, 0.2) is 11.5 Å². The molecule has 4 heterocycles. The van der Waals surface area contributed by atoms with Crippen LogP contribution in [0.4, 0.5) is 29.5 Å². The fourth-order valence-corrected chi connectivity index (χ4v) is 5.55. The van der Waals surface area contributed by atoms with E-state index in [0.29, 0.717) is 43.4 Å². The lowest BCUT2D eigenvalue weighted by molar-refractivity contribution is -0.122. The summed E-state index contributed by atoms with van der Waals surface area (Å²) in [5, 5.41) is 9.91. The zero-order valence-corrected chi connectivity index (χ0v) is 23.6. The van der Waals surface area contributed by atoms with Crippen LogP contribution in [0.2, 0.25) is 0 Å². The lowest BCUT2D eigenvalue weighted by atomic mass is 10.0. The highest BCUT2D eigenvalue weighted by Gasteiger charge is 2.28. The van der Waals surface area contributed by atoms with Crippen LogP contribution in [0.3, 0.4) is 0 Å². The van der Waals surface area contributed by atoms with Crippen molar-refractivity contribution >= 4 is 28.6 Å². The summed E-state index contributed by atoms with van der Waals surface area (Å²) >= 11 is 0. The standard InChI is InChI=1S/C30H33F3N8O2/c31-30(32,33)20-34-29(42)36-23-8-6-22(7-9-23)26-37-27(40-14-16-43-17-15-40)25-18-35-41(28(25)38-26)24-10-12-39(13-11-24)19-21-4-2-1-3-5-21/h1-9,18,24H,10-17,19-20H2,(H2,34,36,42). The van der Waals surface area contributed by atoms with Gasteiger partial charge in [-0.15, -0.1) is 0 Å². The van der Waals surface area contributed by atoms with Crippen LogP contribution in [0.25, 0.3) is 22.4 Å². The number of amides is 2. The number of hydrogen-bond donors (Lipinski definition) is 2. The second-order valence-electron chi connectivity index (χ2n) is 10.8. The van der Waals surface area contributed by atoms with Gasteiger partial charge in [0.1, 0.15) is 12.4 Å². The highest BCUT2D eigenvalue weighted by Crippen LogP contribution is 2.32. The smallest absolute Gasteiger partial charge is 0.378 e. The van der Waals surface area contributed by atoms with E-state index in [1.54, 1.807) is 29.6 Å². The van der Waals surface area contributed by atoms with Crippen molar-refractivity contribution in [1.82, 2.24) is 30.0 Å². The Kier molecular flexibility index (Phi) is 8.43. The molecular formula is C30H33F3N8O2. The summed E-state index contributed by atoms with van der Waals surface area (Å²) in [4.78, 5) is 26.4. The van der Waals surface area contributed by atoms with Gasteiger partial charge in [-0.05, 0) is 42.7 Å². The molecule has 0 bridgehead atoms. The number of urea groups is 1. The number of fused-ring (bicyclic) bond motifs is 1. The third-order valence-electron chi connectivity index (χ3n) is 7.75. The Morgan fingerprint density at radius 3 is 2.37 bits per heavy atom. The van der Waals surface area contributed by atoms with Crippen LogP contribution in [-0.2, 0) is 11.3 Å². The van der Waals surface area contributed by atoms with Crippen molar-refractivity contribution in [3.8, 4) is 11.4 Å². The first-order valence-electron chi connectivity index (χ1n) is 14.4. The molecule has 2 saturated heterocycles. The molecule has 226 valence electrons. The molecule has 0 spiro atoms. The van der Waals surface area contributed by atoms with Crippen LogP contribution in [0.15, 0.2) is 60.8 Å². The van der Waals surface area contributed by atoms with Gasteiger partial charge in [0.05, 0.1) is 30.8 Å². The van der Waals surface area contributed by atoms with Gasteiger partial charge in [0, 0.05) is 44.0 Å². The minimum absolute atomic E-state index is 0.201. The summed E-state index contributed by atoms with van der Waals surface area (Å²) in [7, 11) is 0. The predicted molar refractivity (Wildman–Crippen MR) is 157 cm³/mol. The Balaban J connectivity index is 1.23. The first-order valence-corrected chi connectivity index (χ1v) is 14.4. The Labute approximate surface area is 246 Å². The van der Waals surface area contributed by atoms with Crippen molar-refractivity contribution in [1.29, 1.82) is 0 Å². The van der Waals surface area contributed by atoms with Gasteiger partial charge in [-0.3, -0.25) is 4.90 Å². The average molecular weight is 595 g/mol. The molecule has 0 atom stereocenters. The SMILES string of the molecule is O=C(NCC(F)(F)F)Nc1ccc(-c2nc(N3CCOCC3)c3cnn(C4CCN(Cc5ccccc5)CC4)c3n2)cc1. The predicted octanol–water partition coefficient (Wildman–Crippen LogP) is 4.85. The van der Waals surface area contributed by atoms with E-state index in [1.165, 1.54) is 5.56 Å². The van der Waals surface area contributed by atoms with Crippen LogP contribution in [-0.4, -0.2) is 82.8 Å². The fourth-order valence-electron chi connectivity index (χ4n) is 5.55. The summed E-state index contributed by atoms with van der Waals surface area (Å²) in [6.45, 7) is 4.04. The summed E-state index contributed by atoms with van der Waals surface area (Å²) in [5.74, 6) is 1.30. The number of ether oxygens (including phenoxy) is 1. The fraction of sp³-hybridized carbons (Fsp3) is 0.400. The number of carbonyl (C=O) groups is 1. The summed E-state index contributed by atoms with van der Waals surface area (Å²) in [6, 6.07) is 16.5. The number of alkyl halides is 3. The van der Waals surface area contributed by atoms with Gasteiger partial charge in [-0.1, -0.05) is 30.3 Å². The Bertz CT molecular complexity index is 1530. The minimum atomic E-state index is -4.49. The van der Waals surface area contributed by atoms with Crippen LogP contribution in [0, 0.1) is 0 Å². The Morgan fingerprint density at radius 1 is 0.953 bits per heavy atom. The van der Waals surface area contributed by atoms with E-state index in [0.717, 1.165) is 49.3 Å². The molecule has 0 radical (unpaired) electrons. The number of carbonyl (C=O) groups excluding carboxylic acids is 1. The van der Waals surface area contributed by atoms with E-state index in [2.05, 4.69) is 39.4 Å². The lowest BCUT2D eigenvalue weighted by Gasteiger charge is -2.32. The zero-order chi connectivity index (χ0) is 29.8. The molecule has 0 unspecified atom stereocenters. The molecule has 6 rings (SSSR count). The largest absolute Gasteiger partial charge is 0.405 e. The second-order valence-corrected chi connectivity index (χ2v) is 10.8. The molecular weight excluding hydrogens is 561 g/mol. The number of likely N-dealkylation sites (tertiary alicyclic amines) is 1. The molecule has 10 nitrogen and oxygen atoms in total. The number of hydrogen-bond acceptors (Lipinski definition) is 7. The van der Waals surface area contributed by atoms with Gasteiger partial charge >= 0.3 is 12.2 Å². The molecule has 2 aliphatic rings. The molecule has 43 heavy (non-hydrogen) atoms. The number of nitrogens with one attached hydrogen (secondary N) is 2. The van der Waals surface area contributed by atoms with Crippen LogP contribution in [0.5, 0.6) is 0 Å². The first kappa shape index (κ1) is 28.9. The van der Waals surface area contributed by atoms with E-state index < -0.39 is 18.8 Å². The highest BCUT2D eigenvalue weighted by atomic mass is 19.4. The first-order chi connectivity index (χ1) is 20.8. The minimum Gasteiger partial charge on any atom is -0.378 e. The van der Waals surface area contributed by atoms with Crippen molar-refractivity contribution in [2.75, 3.05) is 56.2 Å². The number of benzene rings is 2. The van der Waals surface area contributed by atoms with Crippen LogP contribution >= 0.6 is 0 Å². The van der Waals surface area contributed by atoms with Crippen molar-refractivity contribution in [3.63, 3.8) is 0 Å². The Morgan fingerprint density at radius 2 is 1.67 bits per heavy atom. The summed E-state index contributed by atoms with van der Waals surface area (Å²) in [6.07, 6.45) is -0.729. The second kappa shape index (κ2) is 12.6. The third-order valence-corrected chi connectivity index (χ3v) is 7.75. The Hall–Kier alpha value is -4.23. The number of nitrogens with zero attached hydrogens (tertiary/aromatic N) is 6. The van der Waals surface area contributed by atoms with E-state index in [-0.39, 0.29) is 6.04 Å². The van der Waals surface area contributed by atoms with E-state index >= 15 is 0 Å². The van der Waals surface area contributed by atoms with Crippen molar-refractivity contribution < 1.29 is 22.7 Å². The van der Waals surface area contributed by atoms with Gasteiger partial charge in [-0.2, -0.15) is 18.3 Å². The molecule has 4 aromatic rings. The number of halogens is 3. The van der Waals surface area contributed by atoms with E-state index in [4.69, 9.17) is 19.8 Å². The van der Waals surface area contributed by atoms with Crippen molar-refractivity contribution in [3.05, 3.63) is 66.4 Å². The number of aromatic nitrogens is 4. The molecule has 2 aliphatic heterocycles. The maximum Gasteiger partial charge on any atom is 0.405 e. The zero-order valence-electron chi connectivity index (χ0n) is 23.6. The number of rotatable bonds is 7. The monoisotopic (exact) mass is 594 g/mol. The molecule has 13 heteroatoms. The summed E-state index contributed by atoms with van der Waals surface area (Å²) in [5.41, 5.74) is 3.14. The van der Waals surface area contributed by atoms with Crippen LogP contribution in [0.1, 0.15) is 24.4 Å². The van der Waals surface area contributed by atoms with Gasteiger partial charge in [0.25, 0.3) is 0 Å². The molecule has 2 aromatic heterocycles. The molecule has 0 aliphatic carbocycles. The molecule has 2 fully saturated rings. The molecule has 2 amide bonds. The topological polar surface area (TPSA) is 100 Å². The molecule has 0 saturated carbocycles.